The topological polar surface area (TPSA) is 103 Å². The summed E-state index contributed by atoms with van der Waals surface area (Å²) < 4.78 is 0. The van der Waals surface area contributed by atoms with E-state index in [-0.39, 0.29) is 19.5 Å². The molecule has 7 aromatic heterocycles. The second kappa shape index (κ2) is 15.1. The molecule has 0 radical (unpaired) electrons. The van der Waals surface area contributed by atoms with Crippen LogP contribution in [0.15, 0.2) is 152 Å². The van der Waals surface area contributed by atoms with Gasteiger partial charge in [-0.15, -0.1) is 0 Å². The molecule has 0 atom stereocenters. The number of pyridine rings is 6. The van der Waals surface area contributed by atoms with Crippen molar-refractivity contribution in [2.45, 2.75) is 6.92 Å². The van der Waals surface area contributed by atoms with E-state index >= 15 is 0 Å². The third-order valence-electron chi connectivity index (χ3n) is 7.35. The third-order valence-corrected chi connectivity index (χ3v) is 7.35. The van der Waals surface area contributed by atoms with E-state index in [9.17, 15) is 0 Å². The fourth-order valence-electron chi connectivity index (χ4n) is 5.17. The van der Waals surface area contributed by atoms with Gasteiger partial charge in [-0.2, -0.15) is 0 Å². The molecule has 9 heteroatoms. The van der Waals surface area contributed by atoms with Crippen molar-refractivity contribution < 1.29 is 19.5 Å². The minimum absolute atomic E-state index is 0. The van der Waals surface area contributed by atoms with Crippen LogP contribution in [-0.2, 0) is 19.5 Å². The minimum atomic E-state index is 0. The molecule has 0 aliphatic carbocycles. The fourth-order valence-corrected chi connectivity index (χ4v) is 5.17. The number of rotatable bonds is 2. The first kappa shape index (κ1) is 32.0. The van der Waals surface area contributed by atoms with Crippen LogP contribution in [-0.4, -0.2) is 39.9 Å². The van der Waals surface area contributed by atoms with Gasteiger partial charge >= 0.3 is 19.5 Å². The molecule has 8 nitrogen and oxygen atoms in total. The average molecular weight is 710 g/mol. The van der Waals surface area contributed by atoms with Crippen LogP contribution >= 0.6 is 0 Å². The Kier molecular flexibility index (Phi) is 10.1. The van der Waals surface area contributed by atoms with Crippen LogP contribution in [0.3, 0.4) is 0 Å². The van der Waals surface area contributed by atoms with Crippen LogP contribution in [0.25, 0.3) is 66.6 Å². The number of fused-ring (bicyclic) bond motifs is 7. The molecule has 0 saturated carbocycles. The Bertz CT molecular complexity index is 2260. The van der Waals surface area contributed by atoms with Crippen molar-refractivity contribution in [2.75, 3.05) is 0 Å². The van der Waals surface area contributed by atoms with Crippen LogP contribution in [0.2, 0.25) is 0 Å². The van der Waals surface area contributed by atoms with Crippen LogP contribution in [0.1, 0.15) is 5.56 Å². The molecule has 0 bridgehead atoms. The Hall–Kier alpha value is -5.92. The fraction of sp³-hybridized carbons (Fsp3) is 0.0256. The summed E-state index contributed by atoms with van der Waals surface area (Å²) in [7, 11) is 0. The maximum absolute atomic E-state index is 4.89. The molecular formula is C39H28N8Ru+2. The number of hydrogen-bond donors (Lipinski definition) is 0. The Balaban J connectivity index is 0.000000136. The number of benzene rings is 2. The summed E-state index contributed by atoms with van der Waals surface area (Å²) >= 11 is 0. The molecule has 0 aliphatic rings. The van der Waals surface area contributed by atoms with E-state index in [0.29, 0.717) is 0 Å². The molecule has 0 saturated heterocycles. The van der Waals surface area contributed by atoms with Crippen molar-refractivity contribution in [1.29, 1.82) is 0 Å². The Morgan fingerprint density at radius 1 is 0.354 bits per heavy atom. The van der Waals surface area contributed by atoms with E-state index in [1.54, 1.807) is 37.2 Å². The van der Waals surface area contributed by atoms with E-state index in [4.69, 9.17) is 9.97 Å². The van der Waals surface area contributed by atoms with Gasteiger partial charge in [-0.3, -0.25) is 29.9 Å². The van der Waals surface area contributed by atoms with Crippen molar-refractivity contribution >= 4 is 43.9 Å². The largest absolute Gasteiger partial charge is 2.00 e. The van der Waals surface area contributed by atoms with E-state index in [1.165, 1.54) is 5.56 Å². The Labute approximate surface area is 289 Å². The van der Waals surface area contributed by atoms with Crippen LogP contribution < -0.4 is 0 Å². The number of hydrogen-bond acceptors (Lipinski definition) is 8. The maximum atomic E-state index is 4.89. The van der Waals surface area contributed by atoms with Gasteiger partial charge in [0.15, 0.2) is 0 Å². The monoisotopic (exact) mass is 710 g/mol. The predicted molar refractivity (Wildman–Crippen MR) is 187 cm³/mol. The molecule has 48 heavy (non-hydrogen) atoms. The first-order valence-electron chi connectivity index (χ1n) is 15.1. The van der Waals surface area contributed by atoms with E-state index in [2.05, 4.69) is 49.0 Å². The summed E-state index contributed by atoms with van der Waals surface area (Å²) in [5.41, 5.74) is 10.1. The van der Waals surface area contributed by atoms with Crippen molar-refractivity contribution in [3.8, 4) is 22.8 Å². The minimum Gasteiger partial charge on any atom is -0.255 e. The summed E-state index contributed by atoms with van der Waals surface area (Å²) in [6.07, 6.45) is 10.7. The summed E-state index contributed by atoms with van der Waals surface area (Å²) in [5.74, 6) is 0. The molecular weight excluding hydrogens is 682 g/mol. The molecule has 9 aromatic rings. The molecule has 2 aromatic carbocycles. The summed E-state index contributed by atoms with van der Waals surface area (Å²) in [6.45, 7) is 2.06. The molecule has 0 amide bonds. The van der Waals surface area contributed by atoms with Gasteiger partial charge in [0.05, 0.1) is 55.9 Å². The first-order valence-corrected chi connectivity index (χ1v) is 15.1. The number of nitrogens with zero attached hydrogens (tertiary/aromatic N) is 8. The SMILES string of the molecule is Cc1ccc2nc3c4cccnc4c4ncccc4c3nc2c1.[Ru+2].c1ccc(-c2ccccn2)nc1.c1ccc(-c2ccccn2)nc1. The third kappa shape index (κ3) is 7.07. The van der Waals surface area contributed by atoms with Gasteiger partial charge < -0.3 is 0 Å². The second-order valence-corrected chi connectivity index (χ2v) is 10.6. The molecule has 0 unspecified atom stereocenters. The summed E-state index contributed by atoms with van der Waals surface area (Å²) in [5, 5.41) is 1.98. The molecule has 7 heterocycles. The smallest absolute Gasteiger partial charge is 0.255 e. The van der Waals surface area contributed by atoms with Gasteiger partial charge in [-0.1, -0.05) is 30.3 Å². The zero-order chi connectivity index (χ0) is 31.8. The normalized spacial score (nSPS) is 10.4. The summed E-state index contributed by atoms with van der Waals surface area (Å²) in [6, 6.07) is 37.3. The van der Waals surface area contributed by atoms with Crippen LogP contribution in [0.4, 0.5) is 0 Å². The van der Waals surface area contributed by atoms with E-state index in [0.717, 1.165) is 66.6 Å². The van der Waals surface area contributed by atoms with Crippen LogP contribution in [0.5, 0.6) is 0 Å². The van der Waals surface area contributed by atoms with Crippen LogP contribution in [0, 0.1) is 6.92 Å². The maximum Gasteiger partial charge on any atom is 2.00 e. The number of aryl methyl sites for hydroxylation is 1. The first-order chi connectivity index (χ1) is 23.2. The summed E-state index contributed by atoms with van der Waals surface area (Å²) in [4.78, 5) is 35.5. The zero-order valence-corrected chi connectivity index (χ0v) is 27.6. The van der Waals surface area contributed by atoms with Crippen molar-refractivity contribution in [3.63, 3.8) is 0 Å². The standard InChI is InChI=1S/C19H12N4.2C10H8N2.Ru/c1-11-6-7-14-15(10-11)23-19-13-5-3-9-21-17(13)16-12(18(19)22-14)4-2-8-20-16;2*1-3-7-11-9(5-1)10-6-2-4-8-12-10;/h2-10H,1H3;2*1-8H;/q;;;+2. The quantitative estimate of drug-likeness (QED) is 0.100. The molecule has 9 rings (SSSR count). The van der Waals surface area contributed by atoms with Crippen molar-refractivity contribution in [1.82, 2.24) is 39.9 Å². The molecule has 0 fully saturated rings. The van der Waals surface area contributed by atoms with Gasteiger partial charge in [-0.05, 0) is 97.4 Å². The average Bonchev–Trinajstić information content (AvgIpc) is 3.16. The van der Waals surface area contributed by atoms with Crippen molar-refractivity contribution in [3.05, 3.63) is 158 Å². The number of aromatic nitrogens is 8. The Morgan fingerprint density at radius 2 is 0.750 bits per heavy atom. The molecule has 230 valence electrons. The van der Waals surface area contributed by atoms with Gasteiger partial charge in [0.1, 0.15) is 0 Å². The zero-order valence-electron chi connectivity index (χ0n) is 25.9. The van der Waals surface area contributed by atoms with Crippen molar-refractivity contribution in [2.24, 2.45) is 0 Å². The van der Waals surface area contributed by atoms with E-state index < -0.39 is 0 Å². The van der Waals surface area contributed by atoms with Gasteiger partial charge in [-0.25, -0.2) is 9.97 Å². The van der Waals surface area contributed by atoms with Gasteiger partial charge in [0.25, 0.3) is 0 Å². The molecule has 0 spiro atoms. The molecule has 0 aliphatic heterocycles. The second-order valence-electron chi connectivity index (χ2n) is 10.6. The predicted octanol–water partition coefficient (Wildman–Crippen LogP) is 8.47. The van der Waals surface area contributed by atoms with Gasteiger partial charge in [0, 0.05) is 48.0 Å². The van der Waals surface area contributed by atoms with Gasteiger partial charge in [0.2, 0.25) is 0 Å². The molecule has 0 N–H and O–H groups in total. The Morgan fingerprint density at radius 3 is 1.15 bits per heavy atom. The van der Waals surface area contributed by atoms with E-state index in [1.807, 2.05) is 103 Å².